The van der Waals surface area contributed by atoms with Gasteiger partial charge in [0.15, 0.2) is 0 Å². The maximum Gasteiger partial charge on any atom is 0.256 e. The van der Waals surface area contributed by atoms with Crippen molar-refractivity contribution in [1.82, 2.24) is 9.88 Å². The summed E-state index contributed by atoms with van der Waals surface area (Å²) in [7, 11) is 1.69. The minimum atomic E-state index is -0.267. The topological polar surface area (TPSA) is 80.5 Å². The van der Waals surface area contributed by atoms with Gasteiger partial charge in [-0.1, -0.05) is 0 Å². The molecule has 1 saturated heterocycles. The normalized spacial score (nSPS) is 23.2. The molecule has 6 nitrogen and oxygen atoms in total. The zero-order valence-corrected chi connectivity index (χ0v) is 11.3. The molecule has 19 heavy (non-hydrogen) atoms. The molecular weight excluding hydrogens is 244 g/mol. The van der Waals surface area contributed by atoms with Crippen LogP contribution in [0.1, 0.15) is 30.1 Å². The Morgan fingerprint density at radius 2 is 2.42 bits per heavy atom. The number of methoxy groups -OCH3 is 1. The van der Waals surface area contributed by atoms with E-state index in [1.165, 1.54) is 0 Å². The summed E-state index contributed by atoms with van der Waals surface area (Å²) in [5.74, 6) is 5.37. The third-order valence-corrected chi connectivity index (χ3v) is 3.65. The Morgan fingerprint density at radius 1 is 1.63 bits per heavy atom. The quantitative estimate of drug-likeness (QED) is 0.629. The van der Waals surface area contributed by atoms with Crippen molar-refractivity contribution in [3.8, 4) is 0 Å². The summed E-state index contributed by atoms with van der Waals surface area (Å²) < 4.78 is 5.50. The molecule has 0 radical (unpaired) electrons. The predicted octanol–water partition coefficient (Wildman–Crippen LogP) is 1.01. The summed E-state index contributed by atoms with van der Waals surface area (Å²) in [4.78, 5) is 18.3. The van der Waals surface area contributed by atoms with Crippen molar-refractivity contribution in [3.05, 3.63) is 24.0 Å². The van der Waals surface area contributed by atoms with Gasteiger partial charge in [0.05, 0.1) is 23.0 Å². The first-order valence-electron chi connectivity index (χ1n) is 6.35. The Balaban J connectivity index is 2.19. The Kier molecular flexibility index (Phi) is 4.01. The average molecular weight is 264 g/mol. The lowest BCUT2D eigenvalue weighted by Gasteiger charge is -2.39. The van der Waals surface area contributed by atoms with Gasteiger partial charge in [0.1, 0.15) is 0 Å². The standard InChI is InChI=1S/C13H20N4O2/c1-13(19-2)5-3-7-17(9-13)12(18)10-4-6-15-8-11(10)16-14/h4,6,8,16H,3,5,7,9,14H2,1-2H3. The van der Waals surface area contributed by atoms with E-state index in [1.807, 2.05) is 11.8 Å². The predicted molar refractivity (Wildman–Crippen MR) is 72.6 cm³/mol. The van der Waals surface area contributed by atoms with Gasteiger partial charge in [0.2, 0.25) is 0 Å². The molecule has 1 atom stereocenters. The lowest BCUT2D eigenvalue weighted by atomic mass is 9.94. The second-order valence-corrected chi connectivity index (χ2v) is 5.05. The van der Waals surface area contributed by atoms with E-state index in [2.05, 4.69) is 10.4 Å². The van der Waals surface area contributed by atoms with Gasteiger partial charge < -0.3 is 15.1 Å². The third kappa shape index (κ3) is 2.85. The zero-order chi connectivity index (χ0) is 13.9. The van der Waals surface area contributed by atoms with Crippen molar-refractivity contribution in [2.45, 2.75) is 25.4 Å². The van der Waals surface area contributed by atoms with Crippen LogP contribution in [0, 0.1) is 0 Å². The van der Waals surface area contributed by atoms with Gasteiger partial charge in [-0.3, -0.25) is 15.6 Å². The van der Waals surface area contributed by atoms with Gasteiger partial charge in [0.25, 0.3) is 5.91 Å². The molecule has 0 saturated carbocycles. The number of nitrogens with one attached hydrogen (secondary N) is 1. The number of piperidine rings is 1. The van der Waals surface area contributed by atoms with E-state index >= 15 is 0 Å². The maximum absolute atomic E-state index is 12.5. The molecule has 3 N–H and O–H groups in total. The number of carbonyl (C=O) groups is 1. The number of ether oxygens (including phenoxy) is 1. The van der Waals surface area contributed by atoms with Crippen LogP contribution in [0.2, 0.25) is 0 Å². The highest BCUT2D eigenvalue weighted by Crippen LogP contribution is 2.26. The molecule has 1 fully saturated rings. The van der Waals surface area contributed by atoms with Crippen LogP contribution in [0.4, 0.5) is 5.69 Å². The summed E-state index contributed by atoms with van der Waals surface area (Å²) in [6, 6.07) is 1.68. The molecule has 1 aliphatic rings. The number of rotatable bonds is 3. The Morgan fingerprint density at radius 3 is 3.11 bits per heavy atom. The van der Waals surface area contributed by atoms with Crippen LogP contribution < -0.4 is 11.3 Å². The lowest BCUT2D eigenvalue weighted by Crippen LogP contribution is -2.49. The molecule has 104 valence electrons. The summed E-state index contributed by atoms with van der Waals surface area (Å²) in [5.41, 5.74) is 3.32. The van der Waals surface area contributed by atoms with Crippen molar-refractivity contribution in [2.75, 3.05) is 25.6 Å². The largest absolute Gasteiger partial charge is 0.377 e. The number of hydrogen-bond acceptors (Lipinski definition) is 5. The fraction of sp³-hybridized carbons (Fsp3) is 0.538. The first kappa shape index (κ1) is 13.8. The van der Waals surface area contributed by atoms with Gasteiger partial charge in [-0.15, -0.1) is 0 Å². The molecule has 1 aromatic rings. The summed E-state index contributed by atoms with van der Waals surface area (Å²) in [6.45, 7) is 3.36. The lowest BCUT2D eigenvalue weighted by molar-refractivity contribution is -0.0439. The number of anilines is 1. The molecule has 0 aromatic carbocycles. The molecule has 2 rings (SSSR count). The molecule has 0 aliphatic carbocycles. The number of aromatic nitrogens is 1. The number of nitrogen functional groups attached to an aromatic ring is 1. The molecule has 0 spiro atoms. The van der Waals surface area contributed by atoms with Crippen LogP contribution in [0.5, 0.6) is 0 Å². The van der Waals surface area contributed by atoms with E-state index in [4.69, 9.17) is 10.6 Å². The first-order chi connectivity index (χ1) is 9.09. The molecule has 1 unspecified atom stereocenters. The van der Waals surface area contributed by atoms with Crippen molar-refractivity contribution < 1.29 is 9.53 Å². The van der Waals surface area contributed by atoms with Crippen LogP contribution >= 0.6 is 0 Å². The zero-order valence-electron chi connectivity index (χ0n) is 11.3. The highest BCUT2D eigenvalue weighted by atomic mass is 16.5. The third-order valence-electron chi connectivity index (χ3n) is 3.65. The number of nitrogens with two attached hydrogens (primary N) is 1. The van der Waals surface area contributed by atoms with Crippen LogP contribution in [0.3, 0.4) is 0 Å². The fourth-order valence-electron chi connectivity index (χ4n) is 2.41. The highest BCUT2D eigenvalue weighted by Gasteiger charge is 2.33. The SMILES string of the molecule is COC1(C)CCCN(C(=O)c2ccncc2NN)C1. The van der Waals surface area contributed by atoms with Gasteiger partial charge in [-0.2, -0.15) is 0 Å². The van der Waals surface area contributed by atoms with E-state index in [0.29, 0.717) is 17.8 Å². The molecule has 6 heteroatoms. The smallest absolute Gasteiger partial charge is 0.256 e. The van der Waals surface area contributed by atoms with E-state index in [-0.39, 0.29) is 11.5 Å². The number of carbonyl (C=O) groups excluding carboxylic acids is 1. The van der Waals surface area contributed by atoms with Crippen molar-refractivity contribution in [2.24, 2.45) is 5.84 Å². The molecule has 2 heterocycles. The molecule has 0 bridgehead atoms. The van der Waals surface area contributed by atoms with Crippen molar-refractivity contribution >= 4 is 11.6 Å². The second-order valence-electron chi connectivity index (χ2n) is 5.05. The number of nitrogens with zero attached hydrogens (tertiary/aromatic N) is 2. The molecule has 1 amide bonds. The van der Waals surface area contributed by atoms with Crippen LogP contribution in [0.25, 0.3) is 0 Å². The number of hydrogen-bond donors (Lipinski definition) is 2. The second kappa shape index (κ2) is 5.54. The minimum absolute atomic E-state index is 0.0432. The van der Waals surface area contributed by atoms with Gasteiger partial charge in [-0.05, 0) is 25.8 Å². The van der Waals surface area contributed by atoms with Crippen LogP contribution in [-0.2, 0) is 4.74 Å². The van der Waals surface area contributed by atoms with E-state index < -0.39 is 0 Å². The Bertz CT molecular complexity index is 466. The monoisotopic (exact) mass is 264 g/mol. The Labute approximate surface area is 112 Å². The minimum Gasteiger partial charge on any atom is -0.377 e. The van der Waals surface area contributed by atoms with E-state index in [1.54, 1.807) is 25.6 Å². The van der Waals surface area contributed by atoms with Crippen LogP contribution in [-0.4, -0.2) is 41.6 Å². The van der Waals surface area contributed by atoms with Gasteiger partial charge in [-0.25, -0.2) is 0 Å². The fourth-order valence-corrected chi connectivity index (χ4v) is 2.41. The summed E-state index contributed by atoms with van der Waals surface area (Å²) in [6.07, 6.45) is 5.04. The molecular formula is C13H20N4O2. The van der Waals surface area contributed by atoms with Crippen LogP contribution in [0.15, 0.2) is 18.5 Å². The van der Waals surface area contributed by atoms with Gasteiger partial charge >= 0.3 is 0 Å². The van der Waals surface area contributed by atoms with Crippen molar-refractivity contribution in [1.29, 1.82) is 0 Å². The van der Waals surface area contributed by atoms with E-state index in [0.717, 1.165) is 19.4 Å². The molecule has 1 aromatic heterocycles. The van der Waals surface area contributed by atoms with Gasteiger partial charge in [0, 0.05) is 26.4 Å². The van der Waals surface area contributed by atoms with E-state index in [9.17, 15) is 4.79 Å². The number of likely N-dealkylation sites (tertiary alicyclic amines) is 1. The van der Waals surface area contributed by atoms with Crippen molar-refractivity contribution in [3.63, 3.8) is 0 Å². The number of hydrazine groups is 1. The average Bonchev–Trinajstić information content (AvgIpc) is 2.46. The Hall–Kier alpha value is -1.66. The number of amides is 1. The highest BCUT2D eigenvalue weighted by molar-refractivity contribution is 5.99. The maximum atomic E-state index is 12.5. The first-order valence-corrected chi connectivity index (χ1v) is 6.35. The summed E-state index contributed by atoms with van der Waals surface area (Å²) >= 11 is 0. The summed E-state index contributed by atoms with van der Waals surface area (Å²) in [5, 5.41) is 0. The molecule has 1 aliphatic heterocycles. The number of pyridine rings is 1.